The molecule has 6 rings (SSSR count). The predicted octanol–water partition coefficient (Wildman–Crippen LogP) is 5.17. The van der Waals surface area contributed by atoms with E-state index in [1.54, 1.807) is 12.1 Å². The largest absolute Gasteiger partial charge is 0.338 e. The molecule has 3 heterocycles. The number of hydrogen-bond acceptors (Lipinski definition) is 6. The van der Waals surface area contributed by atoms with E-state index < -0.39 is 23.9 Å². The molecule has 0 spiro atoms. The van der Waals surface area contributed by atoms with E-state index in [0.717, 1.165) is 43.2 Å². The molecule has 3 aliphatic rings. The summed E-state index contributed by atoms with van der Waals surface area (Å²) in [5.74, 6) is -1.56. The van der Waals surface area contributed by atoms with Crippen molar-refractivity contribution in [2.45, 2.75) is 50.1 Å². The zero-order chi connectivity index (χ0) is 29.1. The lowest BCUT2D eigenvalue weighted by molar-refractivity contribution is -0.149. The van der Waals surface area contributed by atoms with Crippen LogP contribution < -0.4 is 5.32 Å². The number of thiophene rings is 1. The number of piperazine rings is 1. The number of amides is 2. The topological polar surface area (TPSA) is 93.5 Å². The lowest BCUT2D eigenvalue weighted by Gasteiger charge is -2.38. The van der Waals surface area contributed by atoms with Crippen LogP contribution in [0.5, 0.6) is 0 Å². The summed E-state index contributed by atoms with van der Waals surface area (Å²) in [5.41, 5.74) is 2.18. The molecule has 0 radical (unpaired) electrons. The zero-order valence-electron chi connectivity index (χ0n) is 23.7. The van der Waals surface area contributed by atoms with E-state index in [1.165, 1.54) is 11.3 Å². The molecule has 4 unspecified atom stereocenters. The average molecular weight is 581 g/mol. The van der Waals surface area contributed by atoms with Crippen molar-refractivity contribution in [2.24, 2.45) is 11.8 Å². The van der Waals surface area contributed by atoms with Crippen LogP contribution in [0.1, 0.15) is 70.4 Å². The van der Waals surface area contributed by atoms with E-state index in [4.69, 9.17) is 0 Å². The smallest absolute Gasteiger partial charge is 0.246 e. The van der Waals surface area contributed by atoms with Crippen molar-refractivity contribution in [3.63, 3.8) is 0 Å². The van der Waals surface area contributed by atoms with Crippen LogP contribution in [0.3, 0.4) is 0 Å². The first-order valence-corrected chi connectivity index (χ1v) is 15.9. The molecule has 42 heavy (non-hydrogen) atoms. The molecule has 2 aliphatic heterocycles. The Labute approximate surface area is 251 Å². The molecule has 3 fully saturated rings. The number of ketones is 1. The monoisotopic (exact) mass is 580 g/mol. The van der Waals surface area contributed by atoms with Crippen LogP contribution >= 0.6 is 11.3 Å². The van der Waals surface area contributed by atoms with Crippen LogP contribution in [-0.2, 0) is 9.59 Å². The van der Waals surface area contributed by atoms with Crippen LogP contribution in [0, 0.1) is 23.2 Å². The summed E-state index contributed by atoms with van der Waals surface area (Å²) in [6.07, 6.45) is 4.70. The Morgan fingerprint density at radius 1 is 0.833 bits per heavy atom. The highest BCUT2D eigenvalue weighted by Gasteiger charge is 2.58. The van der Waals surface area contributed by atoms with Gasteiger partial charge in [-0.15, -0.1) is 11.3 Å². The number of nitrogens with one attached hydrogen (secondary N) is 1. The number of nitrogens with zero attached hydrogens (tertiary/aromatic N) is 3. The first kappa shape index (κ1) is 28.3. The van der Waals surface area contributed by atoms with Crippen LogP contribution in [0.4, 0.5) is 0 Å². The molecular weight excluding hydrogens is 544 g/mol. The molecule has 1 aromatic heterocycles. The number of nitriles is 1. The van der Waals surface area contributed by atoms with Crippen LogP contribution in [-0.4, -0.2) is 59.6 Å². The third-order valence-corrected chi connectivity index (χ3v) is 10.1. The fourth-order valence-corrected chi connectivity index (χ4v) is 7.88. The fraction of sp³-hybridized carbons (Fsp3) is 0.412. The van der Waals surface area contributed by atoms with Crippen molar-refractivity contribution in [1.82, 2.24) is 15.1 Å². The standard InChI is InChI=1S/C34H36N4O3S/c35-22-23-13-15-24(16-14-23)28-29(32(39)27-12-7-21-42-27)30(25-8-3-1-4-9-25)38(33(40)26-10-5-2-6-11-26)31(28)34(41)37-19-17-36-18-20-37/h1,3-4,7-9,12-16,21,26,28-31,36H,2,5-6,10-11,17-20H2. The fourth-order valence-electron chi connectivity index (χ4n) is 7.17. The predicted molar refractivity (Wildman–Crippen MR) is 162 cm³/mol. The molecule has 2 aromatic carbocycles. The highest BCUT2D eigenvalue weighted by atomic mass is 32.1. The Bertz CT molecular complexity index is 1440. The maximum Gasteiger partial charge on any atom is 0.246 e. The van der Waals surface area contributed by atoms with Gasteiger partial charge in [0, 0.05) is 38.0 Å². The number of rotatable bonds is 6. The van der Waals surface area contributed by atoms with Crippen molar-refractivity contribution in [3.8, 4) is 6.07 Å². The molecule has 1 aliphatic carbocycles. The van der Waals surface area contributed by atoms with Gasteiger partial charge >= 0.3 is 0 Å². The Morgan fingerprint density at radius 2 is 1.55 bits per heavy atom. The molecule has 1 N–H and O–H groups in total. The number of likely N-dealkylation sites (tertiary alicyclic amines) is 1. The summed E-state index contributed by atoms with van der Waals surface area (Å²) in [6.45, 7) is 2.49. The van der Waals surface area contributed by atoms with Crippen molar-refractivity contribution in [1.29, 1.82) is 5.26 Å². The maximum atomic E-state index is 14.7. The van der Waals surface area contributed by atoms with Gasteiger partial charge in [-0.1, -0.05) is 67.8 Å². The minimum Gasteiger partial charge on any atom is -0.338 e. The van der Waals surface area contributed by atoms with Crippen molar-refractivity contribution in [2.75, 3.05) is 26.2 Å². The van der Waals surface area contributed by atoms with E-state index in [2.05, 4.69) is 11.4 Å². The molecular formula is C34H36N4O3S. The normalized spacial score (nSPS) is 24.7. The van der Waals surface area contributed by atoms with Gasteiger partial charge in [0.05, 0.1) is 28.5 Å². The van der Waals surface area contributed by atoms with Gasteiger partial charge in [-0.25, -0.2) is 0 Å². The minimum absolute atomic E-state index is 0.0165. The van der Waals surface area contributed by atoms with Gasteiger partial charge in [-0.3, -0.25) is 14.4 Å². The number of carbonyl (C=O) groups is 3. The van der Waals surface area contributed by atoms with Crippen molar-refractivity contribution in [3.05, 3.63) is 93.7 Å². The minimum atomic E-state index is -0.829. The molecule has 3 aromatic rings. The molecule has 0 bridgehead atoms. The summed E-state index contributed by atoms with van der Waals surface area (Å²) >= 11 is 1.39. The maximum absolute atomic E-state index is 14.7. The number of carbonyl (C=O) groups excluding carboxylic acids is 3. The molecule has 7 nitrogen and oxygen atoms in total. The summed E-state index contributed by atoms with van der Waals surface area (Å²) in [5, 5.41) is 14.7. The van der Waals surface area contributed by atoms with Crippen LogP contribution in [0.25, 0.3) is 0 Å². The molecule has 1 saturated carbocycles. The summed E-state index contributed by atoms with van der Waals surface area (Å²) in [6, 6.07) is 21.5. The first-order valence-electron chi connectivity index (χ1n) is 15.0. The summed E-state index contributed by atoms with van der Waals surface area (Å²) in [4.78, 5) is 48.3. The third kappa shape index (κ3) is 5.39. The Hall–Kier alpha value is -3.80. The van der Waals surface area contributed by atoms with Gasteiger partial charge in [-0.05, 0) is 47.5 Å². The number of Topliss-reactive ketones (excluding diaryl/α,β-unsaturated/α-hetero) is 1. The number of hydrogen-bond donors (Lipinski definition) is 1. The highest BCUT2D eigenvalue weighted by Crippen LogP contribution is 2.53. The quantitative estimate of drug-likeness (QED) is 0.406. The van der Waals surface area contributed by atoms with Gasteiger partial charge in [0.2, 0.25) is 11.8 Å². The second-order valence-electron chi connectivity index (χ2n) is 11.6. The SMILES string of the molecule is N#Cc1ccc(C2C(C(=O)c3cccs3)C(c3ccccc3)N(C(=O)C3CCCCC3)C2C(=O)N2CCNCC2)cc1. The van der Waals surface area contributed by atoms with E-state index >= 15 is 0 Å². The molecule has 4 atom stereocenters. The molecule has 2 saturated heterocycles. The van der Waals surface area contributed by atoms with Crippen LogP contribution in [0.2, 0.25) is 0 Å². The first-order chi connectivity index (χ1) is 20.6. The highest BCUT2D eigenvalue weighted by molar-refractivity contribution is 7.12. The Morgan fingerprint density at radius 3 is 2.19 bits per heavy atom. The van der Waals surface area contributed by atoms with Gasteiger partial charge in [0.15, 0.2) is 5.78 Å². The lowest BCUT2D eigenvalue weighted by atomic mass is 9.77. The van der Waals surface area contributed by atoms with E-state index in [9.17, 15) is 19.6 Å². The van der Waals surface area contributed by atoms with Gasteiger partial charge in [0.25, 0.3) is 0 Å². The third-order valence-electron chi connectivity index (χ3n) is 9.19. The second kappa shape index (κ2) is 12.6. The summed E-state index contributed by atoms with van der Waals surface area (Å²) < 4.78 is 0. The zero-order valence-corrected chi connectivity index (χ0v) is 24.5. The Kier molecular flexibility index (Phi) is 8.50. The van der Waals surface area contributed by atoms with Crippen LogP contribution in [0.15, 0.2) is 72.1 Å². The molecule has 2 amide bonds. The average Bonchev–Trinajstić information content (AvgIpc) is 3.72. The van der Waals surface area contributed by atoms with Gasteiger partial charge < -0.3 is 15.1 Å². The van der Waals surface area contributed by atoms with Gasteiger partial charge in [0.1, 0.15) is 6.04 Å². The molecule has 8 heteroatoms. The van der Waals surface area contributed by atoms with E-state index in [0.29, 0.717) is 36.6 Å². The Balaban J connectivity index is 1.56. The van der Waals surface area contributed by atoms with E-state index in [1.807, 2.05) is 69.8 Å². The number of benzene rings is 2. The lowest BCUT2D eigenvalue weighted by Crippen LogP contribution is -2.55. The second-order valence-corrected chi connectivity index (χ2v) is 12.5. The van der Waals surface area contributed by atoms with Gasteiger partial charge in [-0.2, -0.15) is 5.26 Å². The molecule has 216 valence electrons. The van der Waals surface area contributed by atoms with Crippen molar-refractivity contribution < 1.29 is 14.4 Å². The van der Waals surface area contributed by atoms with E-state index in [-0.39, 0.29) is 23.5 Å². The summed E-state index contributed by atoms with van der Waals surface area (Å²) in [7, 11) is 0. The van der Waals surface area contributed by atoms with Crippen molar-refractivity contribution >= 4 is 28.9 Å².